The highest BCUT2D eigenvalue weighted by molar-refractivity contribution is 5.95. The number of aromatic nitrogens is 2. The van der Waals surface area contributed by atoms with Crippen LogP contribution in [-0.4, -0.2) is 27.5 Å². The number of benzene rings is 1. The van der Waals surface area contributed by atoms with Gasteiger partial charge in [-0.25, -0.2) is 0 Å². The maximum atomic E-state index is 12.5. The molecule has 0 spiro atoms. The molecular weight excluding hydrogens is 350 g/mol. The number of aryl methyl sites for hydroxylation is 1. The fourth-order valence-electron chi connectivity index (χ4n) is 2.91. The van der Waals surface area contributed by atoms with Crippen molar-refractivity contribution in [2.24, 2.45) is 0 Å². The van der Waals surface area contributed by atoms with Crippen molar-refractivity contribution < 1.29 is 9.90 Å². The number of rotatable bonds is 7. The molecule has 2 heterocycles. The molecule has 1 amide bonds. The Labute approximate surface area is 165 Å². The molecule has 5 heteroatoms. The van der Waals surface area contributed by atoms with Crippen LogP contribution in [0.5, 0.6) is 0 Å². The molecule has 0 aliphatic heterocycles. The summed E-state index contributed by atoms with van der Waals surface area (Å²) in [6.07, 6.45) is 8.73. The quantitative estimate of drug-likeness (QED) is 0.617. The van der Waals surface area contributed by atoms with E-state index in [9.17, 15) is 9.90 Å². The summed E-state index contributed by atoms with van der Waals surface area (Å²) in [7, 11) is 0. The molecule has 144 valence electrons. The normalized spacial score (nSPS) is 11.2. The first kappa shape index (κ1) is 19.7. The minimum Gasteiger partial charge on any atom is -0.386 e. The van der Waals surface area contributed by atoms with Crippen LogP contribution < -0.4 is 5.32 Å². The summed E-state index contributed by atoms with van der Waals surface area (Å²) in [5.41, 5.74) is 3.29. The summed E-state index contributed by atoms with van der Waals surface area (Å²) in [4.78, 5) is 20.8. The van der Waals surface area contributed by atoms with Gasteiger partial charge in [0.25, 0.3) is 5.91 Å². The number of carbonyl (C=O) groups excluding carboxylic acids is 1. The zero-order chi connectivity index (χ0) is 20.0. The van der Waals surface area contributed by atoms with E-state index in [1.54, 1.807) is 38.5 Å². The average molecular weight is 375 g/mol. The molecule has 0 aliphatic carbocycles. The van der Waals surface area contributed by atoms with Crippen molar-refractivity contribution in [1.29, 1.82) is 0 Å². The number of pyridine rings is 2. The lowest BCUT2D eigenvalue weighted by Crippen LogP contribution is -2.24. The molecule has 0 atom stereocenters. The van der Waals surface area contributed by atoms with Crippen molar-refractivity contribution in [2.75, 3.05) is 6.54 Å². The molecule has 28 heavy (non-hydrogen) atoms. The van der Waals surface area contributed by atoms with Gasteiger partial charge >= 0.3 is 0 Å². The van der Waals surface area contributed by atoms with E-state index in [1.165, 1.54) is 0 Å². The molecule has 3 aromatic rings. The predicted octanol–water partition coefficient (Wildman–Crippen LogP) is 3.73. The van der Waals surface area contributed by atoms with Crippen LogP contribution in [0, 0.1) is 0 Å². The molecule has 0 unspecified atom stereocenters. The summed E-state index contributed by atoms with van der Waals surface area (Å²) in [6, 6.07) is 13.3. The summed E-state index contributed by atoms with van der Waals surface area (Å²) in [5.74, 6) is -0.0976. The van der Waals surface area contributed by atoms with Crippen molar-refractivity contribution in [3.05, 3.63) is 83.9 Å². The van der Waals surface area contributed by atoms with Gasteiger partial charge in [0.1, 0.15) is 0 Å². The van der Waals surface area contributed by atoms with Gasteiger partial charge in [0.15, 0.2) is 0 Å². The zero-order valence-electron chi connectivity index (χ0n) is 16.2. The minimum atomic E-state index is -0.966. The molecule has 0 aliphatic rings. The van der Waals surface area contributed by atoms with Crippen molar-refractivity contribution in [1.82, 2.24) is 15.3 Å². The van der Waals surface area contributed by atoms with E-state index in [4.69, 9.17) is 0 Å². The van der Waals surface area contributed by atoms with E-state index < -0.39 is 5.60 Å². The Morgan fingerprint density at radius 1 is 1.04 bits per heavy atom. The van der Waals surface area contributed by atoms with Crippen molar-refractivity contribution >= 4 is 5.91 Å². The highest BCUT2D eigenvalue weighted by atomic mass is 16.3. The maximum Gasteiger partial charge on any atom is 0.251 e. The number of carbonyl (C=O) groups is 1. The molecule has 1 aromatic carbocycles. The Morgan fingerprint density at radius 3 is 2.64 bits per heavy atom. The van der Waals surface area contributed by atoms with Gasteiger partial charge in [-0.05, 0) is 62.1 Å². The predicted molar refractivity (Wildman–Crippen MR) is 110 cm³/mol. The van der Waals surface area contributed by atoms with Gasteiger partial charge in [-0.1, -0.05) is 18.2 Å². The molecule has 2 aromatic heterocycles. The van der Waals surface area contributed by atoms with Crippen LogP contribution in [0.4, 0.5) is 0 Å². The van der Waals surface area contributed by atoms with E-state index in [2.05, 4.69) is 15.3 Å². The second-order valence-corrected chi connectivity index (χ2v) is 7.32. The topological polar surface area (TPSA) is 75.1 Å². The van der Waals surface area contributed by atoms with Gasteiger partial charge in [0.2, 0.25) is 0 Å². The van der Waals surface area contributed by atoms with Gasteiger partial charge in [0, 0.05) is 48.0 Å². The van der Waals surface area contributed by atoms with Crippen molar-refractivity contribution in [3.63, 3.8) is 0 Å². The van der Waals surface area contributed by atoms with E-state index in [0.29, 0.717) is 12.1 Å². The molecular formula is C23H25N3O2. The van der Waals surface area contributed by atoms with E-state index in [0.717, 1.165) is 35.1 Å². The number of hydrogen-bond acceptors (Lipinski definition) is 4. The van der Waals surface area contributed by atoms with Crippen molar-refractivity contribution in [3.8, 4) is 11.1 Å². The summed E-state index contributed by atoms with van der Waals surface area (Å²) in [5, 5.41) is 13.2. The molecule has 0 bridgehead atoms. The summed E-state index contributed by atoms with van der Waals surface area (Å²) in [6.45, 7) is 4.06. The fraction of sp³-hybridized carbons (Fsp3) is 0.261. The van der Waals surface area contributed by atoms with E-state index in [-0.39, 0.29) is 5.91 Å². The Morgan fingerprint density at radius 2 is 1.89 bits per heavy atom. The van der Waals surface area contributed by atoms with Crippen LogP contribution in [0.3, 0.4) is 0 Å². The van der Waals surface area contributed by atoms with Gasteiger partial charge < -0.3 is 10.4 Å². The molecule has 2 N–H and O–H groups in total. The van der Waals surface area contributed by atoms with E-state index in [1.807, 2.05) is 42.6 Å². The number of amides is 1. The Kier molecular flexibility index (Phi) is 6.16. The lowest BCUT2D eigenvalue weighted by molar-refractivity contribution is 0.0782. The highest BCUT2D eigenvalue weighted by Gasteiger charge is 2.17. The lowest BCUT2D eigenvalue weighted by Gasteiger charge is -2.18. The van der Waals surface area contributed by atoms with Crippen LogP contribution >= 0.6 is 0 Å². The first-order chi connectivity index (χ1) is 13.4. The standard InChI is InChI=1S/C23H25N3O2/c1-23(2,28)21-13-20(15-25-16-21)18-8-3-9-19(12-18)22(27)26-11-5-7-17-6-4-10-24-14-17/h3-4,6,8-10,12-16,28H,5,7,11H2,1-2H3,(H,26,27). The SMILES string of the molecule is CC(C)(O)c1cncc(-c2cccc(C(=O)NCCCc3cccnc3)c2)c1. The first-order valence-electron chi connectivity index (χ1n) is 9.39. The number of nitrogens with one attached hydrogen (secondary N) is 1. The molecule has 0 saturated heterocycles. The second-order valence-electron chi connectivity index (χ2n) is 7.32. The minimum absolute atomic E-state index is 0.0976. The molecule has 0 fully saturated rings. The monoisotopic (exact) mass is 375 g/mol. The Bertz CT molecular complexity index is 934. The Hall–Kier alpha value is -3.05. The van der Waals surface area contributed by atoms with Crippen LogP contribution in [-0.2, 0) is 12.0 Å². The van der Waals surface area contributed by atoms with Gasteiger partial charge in [-0.3, -0.25) is 14.8 Å². The second kappa shape index (κ2) is 8.76. The molecule has 3 rings (SSSR count). The van der Waals surface area contributed by atoms with Crippen LogP contribution in [0.25, 0.3) is 11.1 Å². The van der Waals surface area contributed by atoms with Gasteiger partial charge in [-0.2, -0.15) is 0 Å². The van der Waals surface area contributed by atoms with Gasteiger partial charge in [0.05, 0.1) is 5.60 Å². The first-order valence-corrected chi connectivity index (χ1v) is 9.39. The number of aliphatic hydroxyl groups is 1. The van der Waals surface area contributed by atoms with Crippen molar-refractivity contribution in [2.45, 2.75) is 32.3 Å². The maximum absolute atomic E-state index is 12.5. The number of nitrogens with zero attached hydrogens (tertiary/aromatic N) is 2. The van der Waals surface area contributed by atoms with Crippen LogP contribution in [0.1, 0.15) is 41.8 Å². The fourth-order valence-corrected chi connectivity index (χ4v) is 2.91. The highest BCUT2D eigenvalue weighted by Crippen LogP contribution is 2.25. The third-order valence-corrected chi connectivity index (χ3v) is 4.55. The molecule has 0 radical (unpaired) electrons. The third kappa shape index (κ3) is 5.24. The van der Waals surface area contributed by atoms with E-state index >= 15 is 0 Å². The smallest absolute Gasteiger partial charge is 0.251 e. The number of hydrogen-bond donors (Lipinski definition) is 2. The zero-order valence-corrected chi connectivity index (χ0v) is 16.2. The van der Waals surface area contributed by atoms with Crippen LogP contribution in [0.15, 0.2) is 67.3 Å². The molecule has 0 saturated carbocycles. The average Bonchev–Trinajstić information content (AvgIpc) is 2.71. The largest absolute Gasteiger partial charge is 0.386 e. The summed E-state index contributed by atoms with van der Waals surface area (Å²) >= 11 is 0. The lowest BCUT2D eigenvalue weighted by atomic mass is 9.96. The molecule has 5 nitrogen and oxygen atoms in total. The van der Waals surface area contributed by atoms with Gasteiger partial charge in [-0.15, -0.1) is 0 Å². The summed E-state index contributed by atoms with van der Waals surface area (Å²) < 4.78 is 0. The Balaban J connectivity index is 1.63. The third-order valence-electron chi connectivity index (χ3n) is 4.55. The van der Waals surface area contributed by atoms with Crippen LogP contribution in [0.2, 0.25) is 0 Å².